The van der Waals surface area contributed by atoms with Crippen molar-refractivity contribution in [2.24, 2.45) is 0 Å². The maximum Gasteiger partial charge on any atom is 0.317 e. The van der Waals surface area contributed by atoms with Gasteiger partial charge in [-0.1, -0.05) is 12.8 Å². The molecule has 2 rings (SSSR count). The van der Waals surface area contributed by atoms with Gasteiger partial charge in [-0.05, 0) is 38.8 Å². The molecule has 0 aromatic carbocycles. The van der Waals surface area contributed by atoms with Crippen molar-refractivity contribution in [3.63, 3.8) is 0 Å². The van der Waals surface area contributed by atoms with Crippen LogP contribution in [0.5, 0.6) is 0 Å². The average Bonchev–Trinajstić information content (AvgIpc) is 2.86. The summed E-state index contributed by atoms with van der Waals surface area (Å²) in [6, 6.07) is 0.125. The van der Waals surface area contributed by atoms with Crippen LogP contribution in [0, 0.1) is 0 Å². The molecule has 2 amide bonds. The third-order valence-electron chi connectivity index (χ3n) is 4.60. The third kappa shape index (κ3) is 3.62. The summed E-state index contributed by atoms with van der Waals surface area (Å²) in [5.41, 5.74) is -0.538. The molecule has 0 radical (unpaired) electrons. The molecule has 2 aliphatic rings. The highest BCUT2D eigenvalue weighted by molar-refractivity contribution is 5.77. The lowest BCUT2D eigenvalue weighted by molar-refractivity contribution is -0.138. The van der Waals surface area contributed by atoms with Crippen LogP contribution in [-0.4, -0.2) is 53.7 Å². The molecule has 0 aromatic rings. The van der Waals surface area contributed by atoms with Gasteiger partial charge in [-0.25, -0.2) is 4.79 Å². The SMILES string of the molecule is CN(C(=O)NC1(CC(=O)O)CCCC1)C1CCNCC1. The zero-order chi connectivity index (χ0) is 14.6. The van der Waals surface area contributed by atoms with Gasteiger partial charge in [-0.3, -0.25) is 4.79 Å². The van der Waals surface area contributed by atoms with Gasteiger partial charge in [0.2, 0.25) is 0 Å². The Morgan fingerprint density at radius 2 is 1.90 bits per heavy atom. The van der Waals surface area contributed by atoms with Crippen LogP contribution in [0.25, 0.3) is 0 Å². The number of carbonyl (C=O) groups is 2. The summed E-state index contributed by atoms with van der Waals surface area (Å²) >= 11 is 0. The lowest BCUT2D eigenvalue weighted by Gasteiger charge is -2.36. The molecule has 1 saturated carbocycles. The fourth-order valence-electron chi connectivity index (χ4n) is 3.36. The zero-order valence-electron chi connectivity index (χ0n) is 12.2. The van der Waals surface area contributed by atoms with E-state index in [4.69, 9.17) is 5.11 Å². The van der Waals surface area contributed by atoms with E-state index < -0.39 is 11.5 Å². The molecule has 1 saturated heterocycles. The Bertz CT molecular complexity index is 361. The van der Waals surface area contributed by atoms with Crippen molar-refractivity contribution < 1.29 is 14.7 Å². The van der Waals surface area contributed by atoms with Gasteiger partial charge < -0.3 is 20.6 Å². The molecule has 0 unspecified atom stereocenters. The van der Waals surface area contributed by atoms with Gasteiger partial charge in [0, 0.05) is 13.1 Å². The Kier molecular flexibility index (Phi) is 4.86. The number of nitrogens with zero attached hydrogens (tertiary/aromatic N) is 1. The van der Waals surface area contributed by atoms with Crippen molar-refractivity contribution in [1.82, 2.24) is 15.5 Å². The second kappa shape index (κ2) is 6.43. The molecule has 1 aliphatic carbocycles. The molecule has 6 heteroatoms. The van der Waals surface area contributed by atoms with Gasteiger partial charge in [0.25, 0.3) is 0 Å². The van der Waals surface area contributed by atoms with E-state index in [1.807, 2.05) is 7.05 Å². The highest BCUT2D eigenvalue weighted by Gasteiger charge is 2.38. The number of carbonyl (C=O) groups excluding carboxylic acids is 1. The van der Waals surface area contributed by atoms with E-state index in [9.17, 15) is 9.59 Å². The number of urea groups is 1. The second-order valence-corrected chi connectivity index (χ2v) is 6.08. The van der Waals surface area contributed by atoms with Gasteiger partial charge in [0.1, 0.15) is 0 Å². The van der Waals surface area contributed by atoms with Gasteiger partial charge in [0.05, 0.1) is 12.0 Å². The van der Waals surface area contributed by atoms with E-state index in [2.05, 4.69) is 10.6 Å². The Balaban J connectivity index is 1.95. The predicted octanol–water partition coefficient (Wildman–Crippen LogP) is 1.17. The monoisotopic (exact) mass is 283 g/mol. The van der Waals surface area contributed by atoms with Gasteiger partial charge in [-0.15, -0.1) is 0 Å². The van der Waals surface area contributed by atoms with Crippen LogP contribution in [-0.2, 0) is 4.79 Å². The summed E-state index contributed by atoms with van der Waals surface area (Å²) in [5.74, 6) is -0.836. The van der Waals surface area contributed by atoms with Crippen LogP contribution < -0.4 is 10.6 Å². The standard InChI is InChI=1S/C14H25N3O3/c1-17(11-4-8-15-9-5-11)13(20)16-14(10-12(18)19)6-2-3-7-14/h11,15H,2-10H2,1H3,(H,16,20)(H,18,19). The Hall–Kier alpha value is -1.30. The highest BCUT2D eigenvalue weighted by Crippen LogP contribution is 2.33. The minimum Gasteiger partial charge on any atom is -0.481 e. The number of rotatable bonds is 4. The fraction of sp³-hybridized carbons (Fsp3) is 0.857. The number of aliphatic carboxylic acids is 1. The molecule has 3 N–H and O–H groups in total. The summed E-state index contributed by atoms with van der Waals surface area (Å²) in [6.07, 6.45) is 5.45. The second-order valence-electron chi connectivity index (χ2n) is 6.08. The first-order chi connectivity index (χ1) is 9.52. The molecule has 2 fully saturated rings. The third-order valence-corrected chi connectivity index (χ3v) is 4.60. The van der Waals surface area contributed by atoms with E-state index in [1.54, 1.807) is 4.90 Å². The molecule has 1 heterocycles. The summed E-state index contributed by atoms with van der Waals surface area (Å²) in [4.78, 5) is 25.2. The van der Waals surface area contributed by atoms with Crippen molar-refractivity contribution in [2.75, 3.05) is 20.1 Å². The molecule has 114 valence electrons. The molecule has 6 nitrogen and oxygen atoms in total. The van der Waals surface area contributed by atoms with Gasteiger partial charge in [-0.2, -0.15) is 0 Å². The smallest absolute Gasteiger partial charge is 0.317 e. The number of carboxylic acids is 1. The first-order valence-corrected chi connectivity index (χ1v) is 7.50. The quantitative estimate of drug-likeness (QED) is 0.723. The summed E-state index contributed by atoms with van der Waals surface area (Å²) < 4.78 is 0. The predicted molar refractivity (Wildman–Crippen MR) is 75.6 cm³/mol. The molecular formula is C14H25N3O3. The normalized spacial score (nSPS) is 22.4. The first kappa shape index (κ1) is 15.1. The topological polar surface area (TPSA) is 81.7 Å². The average molecular weight is 283 g/mol. The van der Waals surface area contributed by atoms with Gasteiger partial charge in [0.15, 0.2) is 0 Å². The summed E-state index contributed by atoms with van der Waals surface area (Å²) in [7, 11) is 1.81. The molecule has 0 atom stereocenters. The zero-order valence-corrected chi connectivity index (χ0v) is 12.2. The maximum atomic E-state index is 12.4. The van der Waals surface area contributed by atoms with Crippen LogP contribution in [0.1, 0.15) is 44.9 Å². The molecule has 0 aromatic heterocycles. The number of nitrogens with one attached hydrogen (secondary N) is 2. The van der Waals surface area contributed by atoms with Crippen molar-refractivity contribution in [3.05, 3.63) is 0 Å². The summed E-state index contributed by atoms with van der Waals surface area (Å²) in [6.45, 7) is 1.87. The number of hydrogen-bond acceptors (Lipinski definition) is 3. The number of amides is 2. The largest absolute Gasteiger partial charge is 0.481 e. The van der Waals surface area contributed by atoms with E-state index in [0.717, 1.165) is 51.6 Å². The number of carboxylic acid groups (broad SMARTS) is 1. The van der Waals surface area contributed by atoms with Crippen molar-refractivity contribution >= 4 is 12.0 Å². The first-order valence-electron chi connectivity index (χ1n) is 7.50. The number of hydrogen-bond donors (Lipinski definition) is 3. The van der Waals surface area contributed by atoms with Crippen molar-refractivity contribution in [2.45, 2.75) is 56.5 Å². The molecule has 20 heavy (non-hydrogen) atoms. The van der Waals surface area contributed by atoms with E-state index in [-0.39, 0.29) is 18.5 Å². The molecule has 1 aliphatic heterocycles. The number of piperidine rings is 1. The minimum absolute atomic E-state index is 0.0266. The van der Waals surface area contributed by atoms with Gasteiger partial charge >= 0.3 is 12.0 Å². The van der Waals surface area contributed by atoms with Crippen molar-refractivity contribution in [1.29, 1.82) is 0 Å². The molecule has 0 bridgehead atoms. The minimum atomic E-state index is -0.836. The van der Waals surface area contributed by atoms with Crippen LogP contribution in [0.15, 0.2) is 0 Å². The highest BCUT2D eigenvalue weighted by atomic mass is 16.4. The van der Waals surface area contributed by atoms with Crippen LogP contribution in [0.4, 0.5) is 4.79 Å². The Morgan fingerprint density at radius 3 is 2.45 bits per heavy atom. The van der Waals surface area contributed by atoms with Crippen LogP contribution in [0.2, 0.25) is 0 Å². The summed E-state index contributed by atoms with van der Waals surface area (Å²) in [5, 5.41) is 15.4. The van der Waals surface area contributed by atoms with E-state index in [1.165, 1.54) is 0 Å². The van der Waals surface area contributed by atoms with Crippen molar-refractivity contribution in [3.8, 4) is 0 Å². The maximum absolute atomic E-state index is 12.4. The molecular weight excluding hydrogens is 258 g/mol. The van der Waals surface area contributed by atoms with Crippen LogP contribution >= 0.6 is 0 Å². The molecule has 0 spiro atoms. The fourth-order valence-corrected chi connectivity index (χ4v) is 3.36. The van der Waals surface area contributed by atoms with E-state index in [0.29, 0.717) is 0 Å². The lowest BCUT2D eigenvalue weighted by atomic mass is 9.93. The van der Waals surface area contributed by atoms with Crippen LogP contribution in [0.3, 0.4) is 0 Å². The Morgan fingerprint density at radius 1 is 1.30 bits per heavy atom. The lowest BCUT2D eigenvalue weighted by Crippen LogP contribution is -2.55. The van der Waals surface area contributed by atoms with E-state index >= 15 is 0 Å². The Labute approximate surface area is 119 Å².